The lowest BCUT2D eigenvalue weighted by Crippen LogP contribution is -2.09. The van der Waals surface area contributed by atoms with Crippen molar-refractivity contribution in [1.82, 2.24) is 0 Å². The molecule has 2 atom stereocenters. The van der Waals surface area contributed by atoms with Crippen molar-refractivity contribution in [3.05, 3.63) is 23.1 Å². The Morgan fingerprint density at radius 2 is 2.00 bits per heavy atom. The summed E-state index contributed by atoms with van der Waals surface area (Å²) in [6, 6.07) is 0. The van der Waals surface area contributed by atoms with E-state index in [0.29, 0.717) is 11.2 Å². The van der Waals surface area contributed by atoms with E-state index in [0.717, 1.165) is 0 Å². The Morgan fingerprint density at radius 1 is 1.38 bits per heavy atom. The summed E-state index contributed by atoms with van der Waals surface area (Å²) in [5, 5.41) is 2.95. The summed E-state index contributed by atoms with van der Waals surface area (Å²) >= 11 is 1.94. The molecule has 0 aromatic rings. The van der Waals surface area contributed by atoms with Gasteiger partial charge in [-0.2, -0.15) is 0 Å². The lowest BCUT2D eigenvalue weighted by molar-refractivity contribution is 0.621. The summed E-state index contributed by atoms with van der Waals surface area (Å²) in [5.41, 5.74) is 1.40. The molecular formula is C12H22S. The molecule has 2 unspecified atom stereocenters. The Balaban J connectivity index is 4.05. The van der Waals surface area contributed by atoms with E-state index < -0.39 is 0 Å². The van der Waals surface area contributed by atoms with Crippen molar-refractivity contribution in [3.8, 4) is 0 Å². The first kappa shape index (κ1) is 12.8. The monoisotopic (exact) mass is 198 g/mol. The van der Waals surface area contributed by atoms with Crippen LogP contribution < -0.4 is 0 Å². The van der Waals surface area contributed by atoms with Gasteiger partial charge in [-0.05, 0) is 38.5 Å². The molecule has 1 heteroatoms. The maximum atomic E-state index is 2.32. The topological polar surface area (TPSA) is 0 Å². The Hall–Kier alpha value is -0.170. The molecule has 0 aliphatic rings. The summed E-state index contributed by atoms with van der Waals surface area (Å²) in [6.45, 7) is 11.0. The van der Waals surface area contributed by atoms with Crippen LogP contribution >= 0.6 is 11.8 Å². The minimum atomic E-state index is 0.691. The van der Waals surface area contributed by atoms with Gasteiger partial charge in [0.05, 0.1) is 0 Å². The zero-order valence-electron chi connectivity index (χ0n) is 9.50. The minimum Gasteiger partial charge on any atom is -0.130 e. The summed E-state index contributed by atoms with van der Waals surface area (Å²) in [6.07, 6.45) is 5.71. The van der Waals surface area contributed by atoms with Crippen LogP contribution in [0.3, 0.4) is 0 Å². The summed E-state index contributed by atoms with van der Waals surface area (Å²) in [5.74, 6) is 0.714. The number of thioether (sulfide) groups is 1. The van der Waals surface area contributed by atoms with Gasteiger partial charge >= 0.3 is 0 Å². The van der Waals surface area contributed by atoms with Gasteiger partial charge in [0.25, 0.3) is 0 Å². The van der Waals surface area contributed by atoms with Gasteiger partial charge < -0.3 is 0 Å². The molecule has 0 amide bonds. The van der Waals surface area contributed by atoms with Crippen LogP contribution in [0, 0.1) is 5.92 Å². The third kappa shape index (κ3) is 5.98. The molecule has 0 radical (unpaired) electrons. The molecule has 0 aromatic heterocycles. The van der Waals surface area contributed by atoms with Gasteiger partial charge in [0.15, 0.2) is 0 Å². The van der Waals surface area contributed by atoms with Crippen LogP contribution in [0.15, 0.2) is 23.1 Å². The Kier molecular flexibility index (Phi) is 7.16. The smallest absolute Gasteiger partial charge is 0.0123 e. The molecule has 0 aliphatic heterocycles. The fourth-order valence-corrected chi connectivity index (χ4v) is 2.19. The van der Waals surface area contributed by atoms with Gasteiger partial charge in [-0.3, -0.25) is 0 Å². The molecule has 0 rings (SSSR count). The van der Waals surface area contributed by atoms with Gasteiger partial charge in [0, 0.05) is 5.25 Å². The molecule has 0 aliphatic carbocycles. The van der Waals surface area contributed by atoms with Crippen LogP contribution in [0.5, 0.6) is 0 Å². The molecule has 76 valence electrons. The van der Waals surface area contributed by atoms with E-state index in [1.807, 2.05) is 11.8 Å². The molecule has 0 nitrogen and oxygen atoms in total. The van der Waals surface area contributed by atoms with Crippen molar-refractivity contribution in [2.75, 3.05) is 0 Å². The van der Waals surface area contributed by atoms with Gasteiger partial charge in [-0.1, -0.05) is 31.6 Å². The molecule has 0 bridgehead atoms. The maximum Gasteiger partial charge on any atom is 0.0123 e. The zero-order valence-corrected chi connectivity index (χ0v) is 10.3. The standard InChI is InChI=1S/C12H22S/c1-6-8-12(7-2)11(5)13-9-10(3)4/h6,8-9,11-12H,7H2,1-5H3/b8-6+. The molecule has 0 saturated carbocycles. The fourth-order valence-electron chi connectivity index (χ4n) is 1.22. The highest BCUT2D eigenvalue weighted by Gasteiger charge is 2.10. The molecule has 0 spiro atoms. The van der Waals surface area contributed by atoms with E-state index in [-0.39, 0.29) is 0 Å². The third-order valence-corrected chi connectivity index (χ3v) is 3.42. The zero-order chi connectivity index (χ0) is 10.3. The summed E-state index contributed by atoms with van der Waals surface area (Å²) in [7, 11) is 0. The van der Waals surface area contributed by atoms with E-state index in [1.165, 1.54) is 12.0 Å². The molecule has 0 saturated heterocycles. The first-order valence-corrected chi connectivity index (χ1v) is 5.97. The first-order chi connectivity index (χ1) is 6.11. The lowest BCUT2D eigenvalue weighted by atomic mass is 10.0. The van der Waals surface area contributed by atoms with E-state index in [1.54, 1.807) is 0 Å². The second kappa shape index (κ2) is 7.25. The van der Waals surface area contributed by atoms with Gasteiger partial charge in [0.1, 0.15) is 0 Å². The summed E-state index contributed by atoms with van der Waals surface area (Å²) < 4.78 is 0. The van der Waals surface area contributed by atoms with Gasteiger partial charge in [-0.25, -0.2) is 0 Å². The minimum absolute atomic E-state index is 0.691. The second-order valence-corrected chi connectivity index (χ2v) is 4.89. The number of hydrogen-bond donors (Lipinski definition) is 0. The predicted molar refractivity (Wildman–Crippen MR) is 65.1 cm³/mol. The van der Waals surface area contributed by atoms with Gasteiger partial charge in [0.2, 0.25) is 0 Å². The normalized spacial score (nSPS) is 15.8. The van der Waals surface area contributed by atoms with Crippen LogP contribution in [0.4, 0.5) is 0 Å². The van der Waals surface area contributed by atoms with Crippen molar-refractivity contribution < 1.29 is 0 Å². The Bertz CT molecular complexity index is 176. The number of rotatable bonds is 5. The van der Waals surface area contributed by atoms with Crippen molar-refractivity contribution in [2.45, 2.75) is 46.3 Å². The highest BCUT2D eigenvalue weighted by Crippen LogP contribution is 2.25. The van der Waals surface area contributed by atoms with E-state index in [9.17, 15) is 0 Å². The molecule has 0 fully saturated rings. The van der Waals surface area contributed by atoms with Gasteiger partial charge in [-0.15, -0.1) is 11.8 Å². The highest BCUT2D eigenvalue weighted by molar-refractivity contribution is 8.02. The van der Waals surface area contributed by atoms with Crippen LogP contribution in [0.1, 0.15) is 41.0 Å². The van der Waals surface area contributed by atoms with Crippen LogP contribution in [-0.2, 0) is 0 Å². The van der Waals surface area contributed by atoms with Crippen molar-refractivity contribution in [2.24, 2.45) is 5.92 Å². The van der Waals surface area contributed by atoms with E-state index in [2.05, 4.69) is 52.2 Å². The number of hydrogen-bond acceptors (Lipinski definition) is 1. The molecule has 13 heavy (non-hydrogen) atoms. The summed E-state index contributed by atoms with van der Waals surface area (Å²) in [4.78, 5) is 0. The SMILES string of the molecule is C/C=C/C(CC)C(C)SC=C(C)C. The fraction of sp³-hybridized carbons (Fsp3) is 0.667. The Morgan fingerprint density at radius 3 is 2.38 bits per heavy atom. The maximum absolute atomic E-state index is 2.32. The van der Waals surface area contributed by atoms with Crippen LogP contribution in [-0.4, -0.2) is 5.25 Å². The van der Waals surface area contributed by atoms with E-state index >= 15 is 0 Å². The van der Waals surface area contributed by atoms with Crippen LogP contribution in [0.25, 0.3) is 0 Å². The molecular weight excluding hydrogens is 176 g/mol. The van der Waals surface area contributed by atoms with E-state index in [4.69, 9.17) is 0 Å². The average molecular weight is 198 g/mol. The van der Waals surface area contributed by atoms with Crippen molar-refractivity contribution in [1.29, 1.82) is 0 Å². The third-order valence-electron chi connectivity index (χ3n) is 2.03. The first-order valence-electron chi connectivity index (χ1n) is 5.03. The lowest BCUT2D eigenvalue weighted by Gasteiger charge is -2.17. The molecule has 0 heterocycles. The number of allylic oxidation sites excluding steroid dienone is 3. The predicted octanol–water partition coefficient (Wildman–Crippen LogP) is 4.63. The highest BCUT2D eigenvalue weighted by atomic mass is 32.2. The average Bonchev–Trinajstić information content (AvgIpc) is 2.10. The largest absolute Gasteiger partial charge is 0.130 e. The van der Waals surface area contributed by atoms with Crippen molar-refractivity contribution in [3.63, 3.8) is 0 Å². The quantitative estimate of drug-likeness (QED) is 0.580. The second-order valence-electron chi connectivity index (χ2n) is 3.63. The van der Waals surface area contributed by atoms with Crippen LogP contribution in [0.2, 0.25) is 0 Å². The molecule has 0 aromatic carbocycles. The Labute approximate surface area is 87.5 Å². The van der Waals surface area contributed by atoms with Crippen molar-refractivity contribution >= 4 is 11.8 Å². The molecule has 0 N–H and O–H groups in total.